The van der Waals surface area contributed by atoms with Crippen LogP contribution in [-0.4, -0.2) is 31.3 Å². The summed E-state index contributed by atoms with van der Waals surface area (Å²) in [5.74, 6) is -0.942. The van der Waals surface area contributed by atoms with Crippen molar-refractivity contribution in [2.75, 3.05) is 12.4 Å². The molecule has 0 amide bonds. The van der Waals surface area contributed by atoms with E-state index in [2.05, 4.69) is 11.7 Å². The number of ether oxygens (including phenoxy) is 1. The van der Waals surface area contributed by atoms with Crippen molar-refractivity contribution >= 4 is 16.1 Å². The molecule has 1 N–H and O–H groups in total. The van der Waals surface area contributed by atoms with Crippen LogP contribution in [0.4, 0.5) is 0 Å². The fraction of sp³-hybridized carbons (Fsp3) is 0.889. The molecule has 0 aromatic rings. The summed E-state index contributed by atoms with van der Waals surface area (Å²) in [5.41, 5.74) is 0. The van der Waals surface area contributed by atoms with E-state index in [0.29, 0.717) is 6.42 Å². The van der Waals surface area contributed by atoms with Crippen molar-refractivity contribution in [3.05, 3.63) is 0 Å². The molecule has 0 unspecified atom stereocenters. The fourth-order valence-electron chi connectivity index (χ4n) is 1.03. The predicted molar refractivity (Wildman–Crippen MR) is 56.1 cm³/mol. The van der Waals surface area contributed by atoms with Crippen LogP contribution in [0.15, 0.2) is 0 Å². The van der Waals surface area contributed by atoms with Crippen molar-refractivity contribution in [2.24, 2.45) is 0 Å². The average Bonchev–Trinajstić information content (AvgIpc) is 2.10. The van der Waals surface area contributed by atoms with Crippen molar-refractivity contribution in [1.29, 1.82) is 0 Å². The van der Waals surface area contributed by atoms with Crippen molar-refractivity contribution in [2.45, 2.75) is 39.0 Å². The van der Waals surface area contributed by atoms with Crippen LogP contribution in [0.1, 0.15) is 39.0 Å². The van der Waals surface area contributed by atoms with E-state index in [0.717, 1.165) is 25.7 Å². The van der Waals surface area contributed by atoms with Gasteiger partial charge < -0.3 is 4.74 Å². The van der Waals surface area contributed by atoms with E-state index in [1.165, 1.54) is 0 Å². The quantitative estimate of drug-likeness (QED) is 0.392. The minimum absolute atomic E-state index is 0.272. The Morgan fingerprint density at radius 2 is 1.93 bits per heavy atom. The SMILES string of the molecule is CCCCCCC(=O)OCCS(=O)(=O)O. The summed E-state index contributed by atoms with van der Waals surface area (Å²) in [6.07, 6.45) is 4.23. The Morgan fingerprint density at radius 1 is 1.27 bits per heavy atom. The molecule has 0 aliphatic rings. The third kappa shape index (κ3) is 11.3. The first-order valence-corrected chi connectivity index (χ1v) is 6.67. The van der Waals surface area contributed by atoms with Crippen molar-refractivity contribution < 1.29 is 22.5 Å². The fourth-order valence-corrected chi connectivity index (χ4v) is 1.32. The molecule has 5 nitrogen and oxygen atoms in total. The minimum Gasteiger partial charge on any atom is -0.464 e. The van der Waals surface area contributed by atoms with E-state index < -0.39 is 21.8 Å². The Bertz CT molecular complexity index is 270. The van der Waals surface area contributed by atoms with Gasteiger partial charge in [-0.3, -0.25) is 9.35 Å². The van der Waals surface area contributed by atoms with E-state index in [1.807, 2.05) is 0 Å². The lowest BCUT2D eigenvalue weighted by Gasteiger charge is -2.02. The van der Waals surface area contributed by atoms with Gasteiger partial charge in [-0.05, 0) is 6.42 Å². The number of carbonyl (C=O) groups excluding carboxylic acids is 1. The second-order valence-electron chi connectivity index (χ2n) is 3.32. The molecule has 0 bridgehead atoms. The number of rotatable bonds is 8. The highest BCUT2D eigenvalue weighted by molar-refractivity contribution is 7.85. The molecule has 0 spiro atoms. The molecule has 90 valence electrons. The van der Waals surface area contributed by atoms with Gasteiger partial charge in [-0.15, -0.1) is 0 Å². The Hall–Kier alpha value is -0.620. The van der Waals surface area contributed by atoms with Crippen molar-refractivity contribution in [1.82, 2.24) is 0 Å². The van der Waals surface area contributed by atoms with Crippen LogP contribution in [0, 0.1) is 0 Å². The average molecular weight is 238 g/mol. The molecule has 0 saturated carbocycles. The lowest BCUT2D eigenvalue weighted by molar-refractivity contribution is -0.143. The summed E-state index contributed by atoms with van der Waals surface area (Å²) >= 11 is 0. The Balaban J connectivity index is 3.42. The first-order valence-electron chi connectivity index (χ1n) is 5.06. The van der Waals surface area contributed by atoms with Crippen LogP contribution < -0.4 is 0 Å². The Morgan fingerprint density at radius 3 is 2.47 bits per heavy atom. The highest BCUT2D eigenvalue weighted by Gasteiger charge is 2.07. The van der Waals surface area contributed by atoms with E-state index >= 15 is 0 Å². The number of hydrogen-bond acceptors (Lipinski definition) is 4. The van der Waals surface area contributed by atoms with Gasteiger partial charge in [-0.1, -0.05) is 26.2 Å². The number of esters is 1. The Labute approximate surface area is 90.6 Å². The van der Waals surface area contributed by atoms with E-state index in [-0.39, 0.29) is 6.61 Å². The lowest BCUT2D eigenvalue weighted by Crippen LogP contribution is -2.14. The first-order chi connectivity index (χ1) is 6.95. The molecule has 6 heteroatoms. The van der Waals surface area contributed by atoms with E-state index in [9.17, 15) is 13.2 Å². The Kier molecular flexibility index (Phi) is 7.33. The summed E-state index contributed by atoms with van der Waals surface area (Å²) in [5, 5.41) is 0. The standard InChI is InChI=1S/C9H18O5S/c1-2-3-4-5-6-9(10)14-7-8-15(11,12)13/h2-8H2,1H3,(H,11,12,13). The van der Waals surface area contributed by atoms with Crippen LogP contribution in [0.2, 0.25) is 0 Å². The molecule has 0 heterocycles. The lowest BCUT2D eigenvalue weighted by atomic mass is 10.2. The van der Waals surface area contributed by atoms with Gasteiger partial charge in [0, 0.05) is 6.42 Å². The molecule has 0 radical (unpaired) electrons. The first kappa shape index (κ1) is 14.4. The largest absolute Gasteiger partial charge is 0.464 e. The minimum atomic E-state index is -4.03. The molecule has 0 rings (SSSR count). The van der Waals surface area contributed by atoms with Crippen molar-refractivity contribution in [3.63, 3.8) is 0 Å². The van der Waals surface area contributed by atoms with Gasteiger partial charge in [0.1, 0.15) is 12.4 Å². The van der Waals surface area contributed by atoms with Crippen LogP contribution in [0.25, 0.3) is 0 Å². The zero-order valence-corrected chi connectivity index (χ0v) is 9.75. The highest BCUT2D eigenvalue weighted by Crippen LogP contribution is 2.03. The van der Waals surface area contributed by atoms with Crippen LogP contribution in [0.3, 0.4) is 0 Å². The summed E-state index contributed by atoms with van der Waals surface area (Å²) in [6.45, 7) is 1.80. The summed E-state index contributed by atoms with van der Waals surface area (Å²) in [7, 11) is -4.03. The maximum Gasteiger partial charge on any atom is 0.305 e. The molecule has 0 atom stereocenters. The number of unbranched alkanes of at least 4 members (excludes halogenated alkanes) is 3. The number of carbonyl (C=O) groups is 1. The van der Waals surface area contributed by atoms with E-state index in [4.69, 9.17) is 4.55 Å². The second kappa shape index (κ2) is 7.64. The molecular weight excluding hydrogens is 220 g/mol. The van der Waals surface area contributed by atoms with Gasteiger partial charge in [-0.2, -0.15) is 8.42 Å². The van der Waals surface area contributed by atoms with Gasteiger partial charge in [0.15, 0.2) is 0 Å². The summed E-state index contributed by atoms with van der Waals surface area (Å²) < 4.78 is 33.5. The smallest absolute Gasteiger partial charge is 0.305 e. The molecule has 0 aliphatic heterocycles. The third-order valence-electron chi connectivity index (χ3n) is 1.84. The highest BCUT2D eigenvalue weighted by atomic mass is 32.2. The molecule has 0 aromatic heterocycles. The van der Waals surface area contributed by atoms with Gasteiger partial charge in [0.25, 0.3) is 10.1 Å². The second-order valence-corrected chi connectivity index (χ2v) is 4.89. The topological polar surface area (TPSA) is 80.7 Å². The van der Waals surface area contributed by atoms with Gasteiger partial charge in [0.2, 0.25) is 0 Å². The van der Waals surface area contributed by atoms with Gasteiger partial charge in [-0.25, -0.2) is 0 Å². The normalized spacial score (nSPS) is 11.3. The monoisotopic (exact) mass is 238 g/mol. The summed E-state index contributed by atoms with van der Waals surface area (Å²) in [6, 6.07) is 0. The summed E-state index contributed by atoms with van der Waals surface area (Å²) in [4.78, 5) is 11.0. The molecule has 0 aliphatic carbocycles. The van der Waals surface area contributed by atoms with Gasteiger partial charge >= 0.3 is 5.97 Å². The molecule has 0 fully saturated rings. The van der Waals surface area contributed by atoms with Crippen molar-refractivity contribution in [3.8, 4) is 0 Å². The van der Waals surface area contributed by atoms with Gasteiger partial charge in [0.05, 0.1) is 0 Å². The zero-order chi connectivity index (χ0) is 11.7. The molecule has 0 saturated heterocycles. The van der Waals surface area contributed by atoms with Crippen LogP contribution >= 0.6 is 0 Å². The predicted octanol–water partition coefficient (Wildman–Crippen LogP) is 1.39. The van der Waals surface area contributed by atoms with Crippen LogP contribution in [0.5, 0.6) is 0 Å². The van der Waals surface area contributed by atoms with E-state index in [1.54, 1.807) is 0 Å². The van der Waals surface area contributed by atoms with Crippen LogP contribution in [-0.2, 0) is 19.6 Å². The zero-order valence-electron chi connectivity index (χ0n) is 8.94. The molecule has 0 aromatic carbocycles. The molecule has 15 heavy (non-hydrogen) atoms. The maximum atomic E-state index is 11.0. The maximum absolute atomic E-state index is 11.0. The number of hydrogen-bond donors (Lipinski definition) is 1. The molecular formula is C9H18O5S. The third-order valence-corrected chi connectivity index (χ3v) is 2.52.